The number of carboxylic acids is 1. The fourth-order valence-electron chi connectivity index (χ4n) is 2.08. The van der Waals surface area contributed by atoms with Crippen molar-refractivity contribution in [3.8, 4) is 0 Å². The number of urea groups is 1. The third-order valence-corrected chi connectivity index (χ3v) is 3.02. The molecule has 0 spiro atoms. The zero-order valence-corrected chi connectivity index (χ0v) is 11.0. The van der Waals surface area contributed by atoms with Crippen molar-refractivity contribution in [3.05, 3.63) is 0 Å². The summed E-state index contributed by atoms with van der Waals surface area (Å²) in [7, 11) is 0. The van der Waals surface area contributed by atoms with Crippen molar-refractivity contribution in [2.45, 2.75) is 32.7 Å². The van der Waals surface area contributed by atoms with E-state index in [9.17, 15) is 9.59 Å². The minimum atomic E-state index is -0.901. The molecule has 2 amide bonds. The first-order chi connectivity index (χ1) is 8.61. The van der Waals surface area contributed by atoms with Gasteiger partial charge in [0.15, 0.2) is 0 Å². The van der Waals surface area contributed by atoms with Gasteiger partial charge >= 0.3 is 12.0 Å². The fourth-order valence-corrected chi connectivity index (χ4v) is 2.08. The highest BCUT2D eigenvalue weighted by atomic mass is 16.5. The zero-order chi connectivity index (χ0) is 13.5. The van der Waals surface area contributed by atoms with Gasteiger partial charge in [0.2, 0.25) is 0 Å². The lowest BCUT2D eigenvalue weighted by Crippen LogP contribution is -2.51. The highest BCUT2D eigenvalue weighted by Crippen LogP contribution is 2.20. The number of carbonyl (C=O) groups excluding carboxylic acids is 1. The van der Waals surface area contributed by atoms with Crippen LogP contribution in [0, 0.1) is 5.92 Å². The molecule has 0 saturated carbocycles. The van der Waals surface area contributed by atoms with E-state index in [-0.39, 0.29) is 18.7 Å². The molecule has 1 rings (SSSR count). The van der Waals surface area contributed by atoms with E-state index in [1.54, 1.807) is 4.90 Å². The molecule has 6 nitrogen and oxygen atoms in total. The van der Waals surface area contributed by atoms with Crippen LogP contribution in [-0.2, 0) is 9.53 Å². The standard InChI is InChI=1S/C12H22N2O4/c1-3-5-13-12(17)14(6-4-2)10-8-18-7-9(10)11(15)16/h9-10H,3-8H2,1-2H3,(H,13,17)(H,15,16). The van der Waals surface area contributed by atoms with Gasteiger partial charge in [-0.25, -0.2) is 4.79 Å². The Morgan fingerprint density at radius 2 is 2.06 bits per heavy atom. The second-order valence-corrected chi connectivity index (χ2v) is 4.47. The molecule has 0 aromatic carbocycles. The van der Waals surface area contributed by atoms with Crippen molar-refractivity contribution in [3.63, 3.8) is 0 Å². The van der Waals surface area contributed by atoms with Crippen molar-refractivity contribution in [2.75, 3.05) is 26.3 Å². The SMILES string of the molecule is CCCNC(=O)N(CCC)C1COCC1C(=O)O. The van der Waals surface area contributed by atoms with Gasteiger partial charge in [-0.05, 0) is 12.8 Å². The van der Waals surface area contributed by atoms with Crippen LogP contribution < -0.4 is 5.32 Å². The first-order valence-electron chi connectivity index (χ1n) is 6.46. The largest absolute Gasteiger partial charge is 0.481 e. The van der Waals surface area contributed by atoms with E-state index in [0.717, 1.165) is 12.8 Å². The maximum atomic E-state index is 12.0. The Labute approximate surface area is 107 Å². The average Bonchev–Trinajstić information content (AvgIpc) is 2.81. The molecule has 0 bridgehead atoms. The van der Waals surface area contributed by atoms with E-state index in [0.29, 0.717) is 19.7 Å². The van der Waals surface area contributed by atoms with E-state index in [1.165, 1.54) is 0 Å². The lowest BCUT2D eigenvalue weighted by Gasteiger charge is -2.30. The third kappa shape index (κ3) is 3.60. The molecule has 2 N–H and O–H groups in total. The molecular weight excluding hydrogens is 236 g/mol. The van der Waals surface area contributed by atoms with Crippen molar-refractivity contribution < 1.29 is 19.4 Å². The molecule has 1 aliphatic rings. The monoisotopic (exact) mass is 258 g/mol. The van der Waals surface area contributed by atoms with Gasteiger partial charge < -0.3 is 20.1 Å². The second-order valence-electron chi connectivity index (χ2n) is 4.47. The molecule has 2 unspecified atom stereocenters. The second kappa shape index (κ2) is 7.20. The van der Waals surface area contributed by atoms with Crippen LogP contribution in [0.4, 0.5) is 4.79 Å². The van der Waals surface area contributed by atoms with E-state index in [1.807, 2.05) is 13.8 Å². The molecule has 2 atom stereocenters. The van der Waals surface area contributed by atoms with Gasteiger partial charge in [-0.3, -0.25) is 4.79 Å². The van der Waals surface area contributed by atoms with Gasteiger partial charge in [-0.1, -0.05) is 13.8 Å². The molecular formula is C12H22N2O4. The predicted molar refractivity (Wildman–Crippen MR) is 66.4 cm³/mol. The van der Waals surface area contributed by atoms with E-state index >= 15 is 0 Å². The van der Waals surface area contributed by atoms with Crippen LogP contribution in [0.15, 0.2) is 0 Å². The molecule has 6 heteroatoms. The highest BCUT2D eigenvalue weighted by molar-refractivity contribution is 5.77. The molecule has 1 fully saturated rings. The predicted octanol–water partition coefficient (Wildman–Crippen LogP) is 0.918. The first-order valence-corrected chi connectivity index (χ1v) is 6.46. The van der Waals surface area contributed by atoms with Crippen LogP contribution in [0.5, 0.6) is 0 Å². The summed E-state index contributed by atoms with van der Waals surface area (Å²) in [4.78, 5) is 24.7. The Hall–Kier alpha value is -1.30. The zero-order valence-electron chi connectivity index (χ0n) is 11.0. The number of ether oxygens (including phenoxy) is 1. The van der Waals surface area contributed by atoms with E-state index in [4.69, 9.17) is 9.84 Å². The first kappa shape index (κ1) is 14.8. The Morgan fingerprint density at radius 1 is 1.33 bits per heavy atom. The minimum Gasteiger partial charge on any atom is -0.481 e. The maximum absolute atomic E-state index is 12.0. The molecule has 104 valence electrons. The Kier molecular flexibility index (Phi) is 5.91. The number of hydrogen-bond donors (Lipinski definition) is 2. The van der Waals surface area contributed by atoms with Crippen LogP contribution in [0.2, 0.25) is 0 Å². The molecule has 0 aliphatic carbocycles. The molecule has 18 heavy (non-hydrogen) atoms. The third-order valence-electron chi connectivity index (χ3n) is 3.02. The number of amides is 2. The van der Waals surface area contributed by atoms with Crippen molar-refractivity contribution in [1.29, 1.82) is 0 Å². The smallest absolute Gasteiger partial charge is 0.317 e. The lowest BCUT2D eigenvalue weighted by molar-refractivity contribution is -0.142. The van der Waals surface area contributed by atoms with Crippen LogP contribution in [0.25, 0.3) is 0 Å². The number of aliphatic carboxylic acids is 1. The summed E-state index contributed by atoms with van der Waals surface area (Å²) in [6.45, 7) is 5.57. The summed E-state index contributed by atoms with van der Waals surface area (Å²) in [6, 6.07) is -0.556. The molecule has 0 aromatic heterocycles. The quantitative estimate of drug-likeness (QED) is 0.742. The molecule has 1 saturated heterocycles. The molecule has 1 aliphatic heterocycles. The number of nitrogens with zero attached hydrogens (tertiary/aromatic N) is 1. The van der Waals surface area contributed by atoms with Crippen molar-refractivity contribution in [2.24, 2.45) is 5.92 Å². The molecule has 0 aromatic rings. The summed E-state index contributed by atoms with van der Waals surface area (Å²) >= 11 is 0. The number of carbonyl (C=O) groups is 2. The number of carboxylic acid groups (broad SMARTS) is 1. The van der Waals surface area contributed by atoms with Gasteiger partial charge in [0.25, 0.3) is 0 Å². The summed E-state index contributed by atoms with van der Waals surface area (Å²) in [5.74, 6) is -1.52. The molecule has 1 heterocycles. The van der Waals surface area contributed by atoms with Gasteiger partial charge in [-0.2, -0.15) is 0 Å². The average molecular weight is 258 g/mol. The van der Waals surface area contributed by atoms with Gasteiger partial charge in [-0.15, -0.1) is 0 Å². The summed E-state index contributed by atoms with van der Waals surface area (Å²) in [6.07, 6.45) is 1.65. The Balaban J connectivity index is 2.70. The van der Waals surface area contributed by atoms with Gasteiger partial charge in [0.1, 0.15) is 5.92 Å². The normalized spacial score (nSPS) is 22.8. The van der Waals surface area contributed by atoms with Gasteiger partial charge in [0, 0.05) is 13.1 Å². The van der Waals surface area contributed by atoms with Crippen LogP contribution in [0.1, 0.15) is 26.7 Å². The maximum Gasteiger partial charge on any atom is 0.317 e. The summed E-state index contributed by atoms with van der Waals surface area (Å²) < 4.78 is 5.21. The molecule has 0 radical (unpaired) electrons. The fraction of sp³-hybridized carbons (Fsp3) is 0.833. The van der Waals surface area contributed by atoms with Crippen LogP contribution >= 0.6 is 0 Å². The van der Waals surface area contributed by atoms with Crippen LogP contribution in [0.3, 0.4) is 0 Å². The number of hydrogen-bond acceptors (Lipinski definition) is 3. The van der Waals surface area contributed by atoms with E-state index in [2.05, 4.69) is 5.32 Å². The van der Waals surface area contributed by atoms with Gasteiger partial charge in [0.05, 0.1) is 19.3 Å². The highest BCUT2D eigenvalue weighted by Gasteiger charge is 2.39. The number of nitrogens with one attached hydrogen (secondary N) is 1. The topological polar surface area (TPSA) is 78.9 Å². The van der Waals surface area contributed by atoms with Crippen molar-refractivity contribution >= 4 is 12.0 Å². The Morgan fingerprint density at radius 3 is 2.61 bits per heavy atom. The summed E-state index contributed by atoms with van der Waals surface area (Å²) in [5, 5.41) is 11.9. The lowest BCUT2D eigenvalue weighted by atomic mass is 10.0. The van der Waals surface area contributed by atoms with Crippen LogP contribution in [-0.4, -0.2) is 54.4 Å². The van der Waals surface area contributed by atoms with E-state index < -0.39 is 11.9 Å². The number of rotatable bonds is 6. The summed E-state index contributed by atoms with van der Waals surface area (Å²) in [5.41, 5.74) is 0. The van der Waals surface area contributed by atoms with Crippen molar-refractivity contribution in [1.82, 2.24) is 10.2 Å². The Bertz CT molecular complexity index is 296. The minimum absolute atomic E-state index is 0.182.